The molecule has 0 atom stereocenters. The Hall–Kier alpha value is -0.780. The second-order valence-electron chi connectivity index (χ2n) is 4.15. The normalized spacial score (nSPS) is 11.4. The third-order valence-corrected chi connectivity index (χ3v) is 4.52. The van der Waals surface area contributed by atoms with Crippen LogP contribution in [0.15, 0.2) is 17.0 Å². The molecular weight excluding hydrogens is 309 g/mol. The summed E-state index contributed by atoms with van der Waals surface area (Å²) in [7, 11) is 1.32. The van der Waals surface area contributed by atoms with Gasteiger partial charge in [0, 0.05) is 22.8 Å². The van der Waals surface area contributed by atoms with Gasteiger partial charge in [0.05, 0.1) is 5.02 Å². The SMILES string of the molecule is CCCCNC(=O)c1cc(C)c(Cl)c(S(=O)(=O)Cl)c1. The molecule has 0 fully saturated rings. The fourth-order valence-corrected chi connectivity index (χ4v) is 3.07. The summed E-state index contributed by atoms with van der Waals surface area (Å²) in [5.41, 5.74) is 0.723. The fourth-order valence-electron chi connectivity index (χ4n) is 1.53. The summed E-state index contributed by atoms with van der Waals surface area (Å²) < 4.78 is 22.8. The lowest BCUT2D eigenvalue weighted by Crippen LogP contribution is -2.24. The van der Waals surface area contributed by atoms with Crippen LogP contribution in [0, 0.1) is 6.92 Å². The van der Waals surface area contributed by atoms with Gasteiger partial charge in [-0.1, -0.05) is 24.9 Å². The molecule has 0 aliphatic carbocycles. The van der Waals surface area contributed by atoms with Gasteiger partial charge in [-0.3, -0.25) is 4.79 Å². The molecule has 19 heavy (non-hydrogen) atoms. The molecule has 4 nitrogen and oxygen atoms in total. The zero-order valence-electron chi connectivity index (χ0n) is 10.7. The van der Waals surface area contributed by atoms with E-state index in [4.69, 9.17) is 22.3 Å². The molecule has 1 aromatic carbocycles. The van der Waals surface area contributed by atoms with E-state index in [2.05, 4.69) is 5.32 Å². The van der Waals surface area contributed by atoms with Gasteiger partial charge in [0.1, 0.15) is 4.90 Å². The molecule has 1 rings (SSSR count). The highest BCUT2D eigenvalue weighted by atomic mass is 35.7. The van der Waals surface area contributed by atoms with Crippen molar-refractivity contribution in [1.29, 1.82) is 0 Å². The van der Waals surface area contributed by atoms with Gasteiger partial charge in [-0.05, 0) is 31.0 Å². The molecule has 7 heteroatoms. The number of hydrogen-bond acceptors (Lipinski definition) is 3. The van der Waals surface area contributed by atoms with Crippen LogP contribution in [0.25, 0.3) is 0 Å². The first-order valence-corrected chi connectivity index (χ1v) is 8.49. The van der Waals surface area contributed by atoms with Crippen molar-refractivity contribution in [3.05, 3.63) is 28.3 Å². The molecule has 0 aliphatic rings. The molecule has 1 amide bonds. The molecule has 0 saturated carbocycles. The van der Waals surface area contributed by atoms with Gasteiger partial charge < -0.3 is 5.32 Å². The number of carbonyl (C=O) groups excluding carboxylic acids is 1. The summed E-state index contributed by atoms with van der Waals surface area (Å²) >= 11 is 5.89. The number of unbranched alkanes of at least 4 members (excludes halogenated alkanes) is 1. The van der Waals surface area contributed by atoms with E-state index in [0.29, 0.717) is 12.1 Å². The summed E-state index contributed by atoms with van der Waals surface area (Å²) in [6, 6.07) is 2.73. The zero-order chi connectivity index (χ0) is 14.6. The molecular formula is C12H15Cl2NO3S. The molecule has 0 unspecified atom stereocenters. The van der Waals surface area contributed by atoms with Crippen LogP contribution in [0.3, 0.4) is 0 Å². The van der Waals surface area contributed by atoms with Gasteiger partial charge in [0.25, 0.3) is 15.0 Å². The van der Waals surface area contributed by atoms with Gasteiger partial charge in [-0.25, -0.2) is 8.42 Å². The van der Waals surface area contributed by atoms with E-state index in [9.17, 15) is 13.2 Å². The topological polar surface area (TPSA) is 63.2 Å². The van der Waals surface area contributed by atoms with E-state index in [1.807, 2.05) is 6.92 Å². The molecule has 0 spiro atoms. The van der Waals surface area contributed by atoms with Crippen molar-refractivity contribution in [2.75, 3.05) is 6.54 Å². The van der Waals surface area contributed by atoms with Crippen molar-refractivity contribution in [3.63, 3.8) is 0 Å². The smallest absolute Gasteiger partial charge is 0.262 e. The maximum Gasteiger partial charge on any atom is 0.262 e. The van der Waals surface area contributed by atoms with Gasteiger partial charge in [0.2, 0.25) is 0 Å². The predicted octanol–water partition coefficient (Wildman–Crippen LogP) is 3.11. The molecule has 106 valence electrons. The van der Waals surface area contributed by atoms with Crippen LogP contribution in [0.4, 0.5) is 0 Å². The zero-order valence-corrected chi connectivity index (χ0v) is 13.0. The standard InChI is InChI=1S/C12H15Cl2NO3S/c1-3-4-5-15-12(16)9-6-8(2)11(13)10(7-9)19(14,17)18/h6-7H,3-5H2,1-2H3,(H,15,16). The number of halogens is 2. The number of nitrogens with one attached hydrogen (secondary N) is 1. The van der Waals surface area contributed by atoms with Gasteiger partial charge in [-0.15, -0.1) is 0 Å². The molecule has 1 N–H and O–H groups in total. The molecule has 0 bridgehead atoms. The quantitative estimate of drug-likeness (QED) is 0.669. The highest BCUT2D eigenvalue weighted by Gasteiger charge is 2.19. The number of carbonyl (C=O) groups is 1. The second kappa shape index (κ2) is 6.59. The van der Waals surface area contributed by atoms with Gasteiger partial charge in [-0.2, -0.15) is 0 Å². The Bertz CT molecular complexity index is 585. The first kappa shape index (κ1) is 16.3. The maximum atomic E-state index is 11.9. The summed E-state index contributed by atoms with van der Waals surface area (Å²) in [5.74, 6) is -0.338. The lowest BCUT2D eigenvalue weighted by Gasteiger charge is -2.09. The predicted molar refractivity (Wildman–Crippen MR) is 76.5 cm³/mol. The van der Waals surface area contributed by atoms with E-state index >= 15 is 0 Å². The number of benzene rings is 1. The van der Waals surface area contributed by atoms with E-state index in [1.165, 1.54) is 12.1 Å². The van der Waals surface area contributed by atoms with E-state index in [0.717, 1.165) is 12.8 Å². The average Bonchev–Trinajstić information content (AvgIpc) is 2.31. The minimum absolute atomic E-state index is 0.0418. The second-order valence-corrected chi connectivity index (χ2v) is 7.06. The molecule has 0 aliphatic heterocycles. The lowest BCUT2D eigenvalue weighted by atomic mass is 10.1. The van der Waals surface area contributed by atoms with Gasteiger partial charge in [0.15, 0.2) is 0 Å². The van der Waals surface area contributed by atoms with Crippen molar-refractivity contribution in [2.45, 2.75) is 31.6 Å². The first-order valence-electron chi connectivity index (χ1n) is 5.80. The number of hydrogen-bond donors (Lipinski definition) is 1. The summed E-state index contributed by atoms with van der Waals surface area (Å²) in [4.78, 5) is 11.6. The molecule has 0 aromatic heterocycles. The monoisotopic (exact) mass is 323 g/mol. The molecule has 0 saturated heterocycles. The van der Waals surface area contributed by atoms with E-state index < -0.39 is 9.05 Å². The molecule has 1 aromatic rings. The van der Waals surface area contributed by atoms with Crippen molar-refractivity contribution in [2.24, 2.45) is 0 Å². The van der Waals surface area contributed by atoms with Crippen LogP contribution < -0.4 is 5.32 Å². The summed E-state index contributed by atoms with van der Waals surface area (Å²) in [5, 5.41) is 2.75. The molecule has 0 heterocycles. The number of rotatable bonds is 5. The average molecular weight is 324 g/mol. The van der Waals surface area contributed by atoms with Gasteiger partial charge >= 0.3 is 0 Å². The highest BCUT2D eigenvalue weighted by molar-refractivity contribution is 8.13. The number of amides is 1. The first-order chi connectivity index (χ1) is 8.77. The van der Waals surface area contributed by atoms with Crippen molar-refractivity contribution in [3.8, 4) is 0 Å². The minimum Gasteiger partial charge on any atom is -0.352 e. The van der Waals surface area contributed by atoms with E-state index in [1.54, 1.807) is 6.92 Å². The van der Waals surface area contributed by atoms with Crippen LogP contribution >= 0.6 is 22.3 Å². The largest absolute Gasteiger partial charge is 0.352 e. The third kappa shape index (κ3) is 4.37. The Balaban J connectivity index is 3.11. The van der Waals surface area contributed by atoms with Crippen LogP contribution in [-0.4, -0.2) is 20.9 Å². The van der Waals surface area contributed by atoms with Crippen LogP contribution in [-0.2, 0) is 9.05 Å². The Morgan fingerprint density at radius 3 is 2.53 bits per heavy atom. The maximum absolute atomic E-state index is 11.9. The van der Waals surface area contributed by atoms with E-state index in [-0.39, 0.29) is 21.4 Å². The van der Waals surface area contributed by atoms with Crippen molar-refractivity contribution in [1.82, 2.24) is 5.32 Å². The Kier molecular flexibility index (Phi) is 5.64. The lowest BCUT2D eigenvalue weighted by molar-refractivity contribution is 0.0953. The Morgan fingerprint density at radius 2 is 2.00 bits per heavy atom. The van der Waals surface area contributed by atoms with Crippen LogP contribution in [0.1, 0.15) is 35.7 Å². The van der Waals surface area contributed by atoms with Crippen LogP contribution in [0.2, 0.25) is 5.02 Å². The number of aryl methyl sites for hydroxylation is 1. The minimum atomic E-state index is -3.98. The van der Waals surface area contributed by atoms with Crippen LogP contribution in [0.5, 0.6) is 0 Å². The summed E-state index contributed by atoms with van der Waals surface area (Å²) in [6.45, 7) is 4.17. The fraction of sp³-hybridized carbons (Fsp3) is 0.417. The Labute approximate surface area is 122 Å². The molecule has 0 radical (unpaired) electrons. The third-order valence-electron chi connectivity index (χ3n) is 2.56. The summed E-state index contributed by atoms with van der Waals surface area (Å²) in [6.07, 6.45) is 1.82. The van der Waals surface area contributed by atoms with Crippen molar-refractivity contribution < 1.29 is 13.2 Å². The van der Waals surface area contributed by atoms with Crippen molar-refractivity contribution >= 4 is 37.2 Å². The Morgan fingerprint density at radius 1 is 1.37 bits per heavy atom. The highest BCUT2D eigenvalue weighted by Crippen LogP contribution is 2.29.